The molecule has 0 aliphatic carbocycles. The van der Waals surface area contributed by atoms with E-state index in [4.69, 9.17) is 0 Å². The molecule has 0 spiro atoms. The Balaban J connectivity index is 2.10. The molecule has 2 aromatic carbocycles. The second-order valence-corrected chi connectivity index (χ2v) is 5.32. The number of aromatic nitrogens is 1. The molecule has 3 rings (SSSR count). The van der Waals surface area contributed by atoms with E-state index in [1.54, 1.807) is 43.3 Å². The lowest BCUT2D eigenvalue weighted by Crippen LogP contribution is -2.18. The maximum atomic E-state index is 12.6. The molecule has 6 nitrogen and oxygen atoms in total. The molecule has 0 aliphatic heterocycles. The van der Waals surface area contributed by atoms with Crippen LogP contribution in [0.2, 0.25) is 0 Å². The highest BCUT2D eigenvalue weighted by molar-refractivity contribution is 5.79. The summed E-state index contributed by atoms with van der Waals surface area (Å²) in [5, 5.41) is 21.4. The van der Waals surface area contributed by atoms with E-state index in [-0.39, 0.29) is 11.1 Å². The van der Waals surface area contributed by atoms with Crippen LogP contribution in [0.25, 0.3) is 10.9 Å². The Bertz CT molecular complexity index is 959. The van der Waals surface area contributed by atoms with Crippen molar-refractivity contribution in [2.45, 2.75) is 13.3 Å². The summed E-state index contributed by atoms with van der Waals surface area (Å²) in [6, 6.07) is 12.9. The van der Waals surface area contributed by atoms with Crippen LogP contribution in [-0.4, -0.2) is 14.9 Å². The second kappa shape index (κ2) is 5.57. The molecule has 23 heavy (non-hydrogen) atoms. The van der Waals surface area contributed by atoms with E-state index >= 15 is 0 Å². The van der Waals surface area contributed by atoms with Gasteiger partial charge in [-0.25, -0.2) is 0 Å². The smallest absolute Gasteiger partial charge is 0.269 e. The van der Waals surface area contributed by atoms with Crippen LogP contribution < -0.4 is 5.43 Å². The number of nitrogens with zero attached hydrogens (tertiary/aromatic N) is 2. The van der Waals surface area contributed by atoms with Crippen molar-refractivity contribution in [1.29, 1.82) is 0 Å². The summed E-state index contributed by atoms with van der Waals surface area (Å²) in [4.78, 5) is 22.9. The van der Waals surface area contributed by atoms with Gasteiger partial charge in [0.15, 0.2) is 5.43 Å². The van der Waals surface area contributed by atoms with Crippen molar-refractivity contribution < 1.29 is 10.1 Å². The maximum Gasteiger partial charge on any atom is 0.269 e. The van der Waals surface area contributed by atoms with E-state index in [0.717, 1.165) is 10.3 Å². The van der Waals surface area contributed by atoms with Crippen LogP contribution in [0.1, 0.15) is 16.8 Å². The Hall–Kier alpha value is -3.15. The average Bonchev–Trinajstić information content (AvgIpc) is 2.57. The molecule has 0 saturated heterocycles. The van der Waals surface area contributed by atoms with Crippen molar-refractivity contribution in [3.8, 4) is 0 Å². The number of hydrogen-bond acceptors (Lipinski definition) is 4. The fourth-order valence-corrected chi connectivity index (χ4v) is 2.63. The summed E-state index contributed by atoms with van der Waals surface area (Å²) in [6.07, 6.45) is 0.300. The summed E-state index contributed by atoms with van der Waals surface area (Å²) in [5.41, 5.74) is 2.03. The molecule has 6 heteroatoms. The zero-order valence-corrected chi connectivity index (χ0v) is 12.4. The molecular weight excluding hydrogens is 296 g/mol. The molecule has 1 aromatic heterocycles. The van der Waals surface area contributed by atoms with Gasteiger partial charge in [0.2, 0.25) is 0 Å². The van der Waals surface area contributed by atoms with E-state index < -0.39 is 4.92 Å². The van der Waals surface area contributed by atoms with Crippen molar-refractivity contribution >= 4 is 16.6 Å². The largest absolute Gasteiger partial charge is 0.428 e. The first-order chi connectivity index (χ1) is 11.0. The van der Waals surface area contributed by atoms with E-state index in [9.17, 15) is 20.1 Å². The molecule has 0 saturated carbocycles. The summed E-state index contributed by atoms with van der Waals surface area (Å²) >= 11 is 0. The third kappa shape index (κ3) is 2.55. The molecule has 0 radical (unpaired) electrons. The lowest BCUT2D eigenvalue weighted by molar-refractivity contribution is -0.384. The average molecular weight is 310 g/mol. The first kappa shape index (κ1) is 14.8. The monoisotopic (exact) mass is 310 g/mol. The molecule has 0 fully saturated rings. The molecular formula is C17H14N2O4. The lowest BCUT2D eigenvalue weighted by Gasteiger charge is -2.12. The van der Waals surface area contributed by atoms with Crippen molar-refractivity contribution in [3.05, 3.63) is 85.7 Å². The van der Waals surface area contributed by atoms with Gasteiger partial charge in [-0.3, -0.25) is 14.9 Å². The van der Waals surface area contributed by atoms with Crippen molar-refractivity contribution in [2.24, 2.45) is 0 Å². The normalized spacial score (nSPS) is 10.8. The van der Waals surface area contributed by atoms with Crippen LogP contribution in [0.3, 0.4) is 0 Å². The van der Waals surface area contributed by atoms with Crippen molar-refractivity contribution in [1.82, 2.24) is 4.73 Å². The Kier molecular flexibility index (Phi) is 3.57. The second-order valence-electron chi connectivity index (χ2n) is 5.32. The van der Waals surface area contributed by atoms with Crippen LogP contribution in [-0.2, 0) is 6.42 Å². The predicted octanol–water partition coefficient (Wildman–Crippen LogP) is 3.05. The third-order valence-electron chi connectivity index (χ3n) is 3.93. The standard InChI is InChI=1S/C17H14N2O4/c1-11-15(10-12-6-8-13(9-7-12)19(22)23)17(20)14-4-2-3-5-16(14)18(11)21/h2-9,21H,10H2,1H3. The number of non-ortho nitro benzene ring substituents is 1. The summed E-state index contributed by atoms with van der Waals surface area (Å²) in [7, 11) is 0. The number of fused-ring (bicyclic) bond motifs is 1. The van der Waals surface area contributed by atoms with Gasteiger partial charge in [-0.15, -0.1) is 0 Å². The van der Waals surface area contributed by atoms with E-state index in [1.165, 1.54) is 12.1 Å². The Morgan fingerprint density at radius 2 is 1.78 bits per heavy atom. The highest BCUT2D eigenvalue weighted by atomic mass is 16.6. The molecule has 3 aromatic rings. The van der Waals surface area contributed by atoms with Crippen LogP contribution in [0.5, 0.6) is 0 Å². The SMILES string of the molecule is Cc1c(Cc2ccc([N+](=O)[O-])cc2)c(=O)c2ccccc2n1O. The van der Waals surface area contributed by atoms with Gasteiger partial charge >= 0.3 is 0 Å². The number of benzene rings is 2. The first-order valence-corrected chi connectivity index (χ1v) is 7.05. The number of pyridine rings is 1. The van der Waals surface area contributed by atoms with Crippen molar-refractivity contribution in [3.63, 3.8) is 0 Å². The predicted molar refractivity (Wildman–Crippen MR) is 86.0 cm³/mol. The van der Waals surface area contributed by atoms with Gasteiger partial charge in [0.25, 0.3) is 5.69 Å². The quantitative estimate of drug-likeness (QED) is 0.458. The molecule has 0 bridgehead atoms. The molecule has 0 aliphatic rings. The van der Waals surface area contributed by atoms with Gasteiger partial charge in [0.05, 0.1) is 16.1 Å². The number of hydrogen-bond donors (Lipinski definition) is 1. The van der Waals surface area contributed by atoms with Gasteiger partial charge < -0.3 is 5.21 Å². The zero-order chi connectivity index (χ0) is 16.6. The van der Waals surface area contributed by atoms with Crippen molar-refractivity contribution in [2.75, 3.05) is 0 Å². The highest BCUT2D eigenvalue weighted by Gasteiger charge is 2.14. The van der Waals surface area contributed by atoms with Gasteiger partial charge in [0, 0.05) is 29.5 Å². The Morgan fingerprint density at radius 1 is 1.13 bits per heavy atom. The Labute approximate surface area is 131 Å². The highest BCUT2D eigenvalue weighted by Crippen LogP contribution is 2.18. The molecule has 0 atom stereocenters. The number of nitro groups is 1. The topological polar surface area (TPSA) is 85.4 Å². The maximum absolute atomic E-state index is 12.6. The third-order valence-corrected chi connectivity index (χ3v) is 3.93. The molecule has 1 N–H and O–H groups in total. The lowest BCUT2D eigenvalue weighted by atomic mass is 10.0. The molecule has 116 valence electrons. The number of para-hydroxylation sites is 1. The molecule has 1 heterocycles. The minimum Gasteiger partial charge on any atom is -0.428 e. The van der Waals surface area contributed by atoms with Crippen LogP contribution in [0.4, 0.5) is 5.69 Å². The van der Waals surface area contributed by atoms with Crippen LogP contribution in [0.15, 0.2) is 53.3 Å². The molecule has 0 amide bonds. The number of rotatable bonds is 3. The summed E-state index contributed by atoms with van der Waals surface area (Å²) < 4.78 is 1.01. The van der Waals surface area contributed by atoms with Gasteiger partial charge in [0.1, 0.15) is 0 Å². The first-order valence-electron chi connectivity index (χ1n) is 7.05. The zero-order valence-electron chi connectivity index (χ0n) is 12.4. The van der Waals surface area contributed by atoms with Gasteiger partial charge in [-0.2, -0.15) is 4.73 Å². The van der Waals surface area contributed by atoms with E-state index in [1.807, 2.05) is 0 Å². The molecule has 0 unspecified atom stereocenters. The van der Waals surface area contributed by atoms with E-state index in [2.05, 4.69) is 0 Å². The van der Waals surface area contributed by atoms with Crippen LogP contribution in [0, 0.1) is 17.0 Å². The minimum absolute atomic E-state index is 0.00329. The van der Waals surface area contributed by atoms with Gasteiger partial charge in [-0.05, 0) is 24.6 Å². The fourth-order valence-electron chi connectivity index (χ4n) is 2.63. The Morgan fingerprint density at radius 3 is 2.43 bits per heavy atom. The summed E-state index contributed by atoms with van der Waals surface area (Å²) in [6.45, 7) is 1.68. The van der Waals surface area contributed by atoms with Gasteiger partial charge in [-0.1, -0.05) is 24.3 Å². The number of nitro benzene ring substituents is 1. The fraction of sp³-hybridized carbons (Fsp3) is 0.118. The summed E-state index contributed by atoms with van der Waals surface area (Å²) in [5.74, 6) is 0. The van der Waals surface area contributed by atoms with E-state index in [0.29, 0.717) is 28.6 Å². The van der Waals surface area contributed by atoms with Crippen LogP contribution >= 0.6 is 0 Å². The minimum atomic E-state index is -0.467.